The van der Waals surface area contributed by atoms with Crippen molar-refractivity contribution in [3.05, 3.63) is 60.2 Å². The van der Waals surface area contributed by atoms with Gasteiger partial charge in [0.15, 0.2) is 11.0 Å². The average molecular weight is 355 g/mol. The van der Waals surface area contributed by atoms with Gasteiger partial charge in [0.05, 0.1) is 19.4 Å². The van der Waals surface area contributed by atoms with E-state index in [1.54, 1.807) is 24.3 Å². The minimum atomic E-state index is -0.314. The first-order valence-corrected chi connectivity index (χ1v) is 8.62. The fourth-order valence-corrected chi connectivity index (χ4v) is 3.08. The molecule has 25 heavy (non-hydrogen) atoms. The highest BCUT2D eigenvalue weighted by atomic mass is 32.2. The van der Waals surface area contributed by atoms with E-state index >= 15 is 0 Å². The molecular formula is C18H17N3O3S. The molecule has 0 atom stereocenters. The van der Waals surface area contributed by atoms with Crippen LogP contribution in [0, 0.1) is 0 Å². The molecule has 1 heterocycles. The second-order valence-corrected chi connectivity index (χ2v) is 6.23. The lowest BCUT2D eigenvalue weighted by Gasteiger charge is -2.10. The summed E-state index contributed by atoms with van der Waals surface area (Å²) in [5.41, 5.74) is 1.94. The molecule has 0 saturated heterocycles. The van der Waals surface area contributed by atoms with E-state index < -0.39 is 0 Å². The number of carbonyl (C=O) groups is 1. The Balaban J connectivity index is 1.95. The molecule has 0 unspecified atom stereocenters. The van der Waals surface area contributed by atoms with Crippen LogP contribution in [0.1, 0.15) is 5.56 Å². The standard InChI is InChI=1S/C18H17N3O3S/c1-24-16(23)12-25-18-20-19-17(14-7-9-15(22)10-8-14)21(18)11-13-5-3-2-4-6-13/h2-10,22H,11-12H2,1H3. The third-order valence-electron chi connectivity index (χ3n) is 3.57. The first-order valence-electron chi connectivity index (χ1n) is 7.63. The number of phenolic OH excluding ortho intramolecular Hbond substituents is 1. The summed E-state index contributed by atoms with van der Waals surface area (Å²) in [6.45, 7) is 0.577. The summed E-state index contributed by atoms with van der Waals surface area (Å²) in [7, 11) is 1.36. The lowest BCUT2D eigenvalue weighted by Crippen LogP contribution is -2.07. The number of phenols is 1. The Morgan fingerprint density at radius 3 is 2.52 bits per heavy atom. The summed E-state index contributed by atoms with van der Waals surface area (Å²) in [6, 6.07) is 16.7. The summed E-state index contributed by atoms with van der Waals surface area (Å²) >= 11 is 1.28. The highest BCUT2D eigenvalue weighted by Crippen LogP contribution is 2.26. The number of ether oxygens (including phenoxy) is 1. The number of methoxy groups -OCH3 is 1. The number of hydrogen-bond acceptors (Lipinski definition) is 6. The SMILES string of the molecule is COC(=O)CSc1nnc(-c2ccc(O)cc2)n1Cc1ccccc1. The highest BCUT2D eigenvalue weighted by Gasteiger charge is 2.16. The van der Waals surface area contributed by atoms with Crippen molar-refractivity contribution in [2.45, 2.75) is 11.7 Å². The van der Waals surface area contributed by atoms with Crippen molar-refractivity contribution in [1.82, 2.24) is 14.8 Å². The van der Waals surface area contributed by atoms with Gasteiger partial charge in [-0.15, -0.1) is 10.2 Å². The van der Waals surface area contributed by atoms with E-state index in [-0.39, 0.29) is 17.5 Å². The van der Waals surface area contributed by atoms with Crippen LogP contribution in [0.2, 0.25) is 0 Å². The predicted octanol–water partition coefficient (Wildman–Crippen LogP) is 2.96. The molecule has 0 spiro atoms. The molecule has 0 fully saturated rings. The van der Waals surface area contributed by atoms with Crippen LogP contribution in [-0.4, -0.2) is 38.7 Å². The number of rotatable bonds is 6. The molecule has 1 N–H and O–H groups in total. The van der Waals surface area contributed by atoms with Crippen LogP contribution >= 0.6 is 11.8 Å². The zero-order valence-electron chi connectivity index (χ0n) is 13.6. The van der Waals surface area contributed by atoms with Crippen LogP contribution in [0.15, 0.2) is 59.8 Å². The third kappa shape index (κ3) is 4.19. The van der Waals surface area contributed by atoms with Crippen LogP contribution in [-0.2, 0) is 16.1 Å². The predicted molar refractivity (Wildman–Crippen MR) is 95.4 cm³/mol. The third-order valence-corrected chi connectivity index (χ3v) is 4.51. The molecule has 0 amide bonds. The van der Waals surface area contributed by atoms with E-state index in [9.17, 15) is 9.90 Å². The van der Waals surface area contributed by atoms with Crippen LogP contribution in [0.5, 0.6) is 5.75 Å². The average Bonchev–Trinajstić information content (AvgIpc) is 3.03. The van der Waals surface area contributed by atoms with Crippen molar-refractivity contribution < 1.29 is 14.6 Å². The first-order chi connectivity index (χ1) is 12.2. The summed E-state index contributed by atoms with van der Waals surface area (Å²) in [5.74, 6) is 0.721. The van der Waals surface area contributed by atoms with Crippen molar-refractivity contribution in [1.29, 1.82) is 0 Å². The first kappa shape index (κ1) is 17.0. The second-order valence-electron chi connectivity index (χ2n) is 5.29. The Labute approximate surface area is 149 Å². The normalized spacial score (nSPS) is 10.6. The number of aromatic hydroxyl groups is 1. The second kappa shape index (κ2) is 7.85. The molecule has 0 radical (unpaired) electrons. The maximum atomic E-state index is 11.4. The lowest BCUT2D eigenvalue weighted by atomic mass is 10.2. The summed E-state index contributed by atoms with van der Waals surface area (Å²) < 4.78 is 6.64. The largest absolute Gasteiger partial charge is 0.508 e. The summed E-state index contributed by atoms with van der Waals surface area (Å²) in [5, 5.41) is 18.6. The molecule has 0 aliphatic heterocycles. The van der Waals surface area contributed by atoms with Crippen LogP contribution in [0.4, 0.5) is 0 Å². The number of esters is 1. The molecule has 0 aliphatic carbocycles. The van der Waals surface area contributed by atoms with Crippen LogP contribution in [0.3, 0.4) is 0 Å². The van der Waals surface area contributed by atoms with E-state index in [0.717, 1.165) is 11.1 Å². The van der Waals surface area contributed by atoms with E-state index in [0.29, 0.717) is 17.5 Å². The number of aromatic nitrogens is 3. The lowest BCUT2D eigenvalue weighted by molar-refractivity contribution is -0.137. The highest BCUT2D eigenvalue weighted by molar-refractivity contribution is 7.99. The molecule has 2 aromatic carbocycles. The molecule has 1 aromatic heterocycles. The van der Waals surface area contributed by atoms with Crippen molar-refractivity contribution in [3.8, 4) is 17.1 Å². The fourth-order valence-electron chi connectivity index (χ4n) is 2.31. The zero-order chi connectivity index (χ0) is 17.6. The van der Waals surface area contributed by atoms with Crippen molar-refractivity contribution >= 4 is 17.7 Å². The molecule has 128 valence electrons. The van der Waals surface area contributed by atoms with E-state index in [1.807, 2.05) is 34.9 Å². The number of carbonyl (C=O) groups excluding carboxylic acids is 1. The molecule has 0 saturated carbocycles. The Morgan fingerprint density at radius 2 is 1.84 bits per heavy atom. The quantitative estimate of drug-likeness (QED) is 0.541. The maximum Gasteiger partial charge on any atom is 0.316 e. The van der Waals surface area contributed by atoms with Crippen molar-refractivity contribution in [2.24, 2.45) is 0 Å². The van der Waals surface area contributed by atoms with Crippen LogP contribution in [0.25, 0.3) is 11.4 Å². The zero-order valence-corrected chi connectivity index (χ0v) is 14.4. The molecule has 6 nitrogen and oxygen atoms in total. The molecular weight excluding hydrogens is 338 g/mol. The van der Waals surface area contributed by atoms with Gasteiger partial charge < -0.3 is 9.84 Å². The van der Waals surface area contributed by atoms with Gasteiger partial charge in [0.2, 0.25) is 0 Å². The number of thioether (sulfide) groups is 1. The maximum absolute atomic E-state index is 11.4. The minimum Gasteiger partial charge on any atom is -0.508 e. The van der Waals surface area contributed by atoms with E-state index in [2.05, 4.69) is 14.9 Å². The summed E-state index contributed by atoms with van der Waals surface area (Å²) in [6.07, 6.45) is 0. The smallest absolute Gasteiger partial charge is 0.316 e. The van der Waals surface area contributed by atoms with Gasteiger partial charge in [-0.1, -0.05) is 42.1 Å². The van der Waals surface area contributed by atoms with Gasteiger partial charge in [0, 0.05) is 5.56 Å². The number of hydrogen-bond donors (Lipinski definition) is 1. The van der Waals surface area contributed by atoms with Gasteiger partial charge in [-0.3, -0.25) is 9.36 Å². The minimum absolute atomic E-state index is 0.166. The molecule has 7 heteroatoms. The Morgan fingerprint density at radius 1 is 1.12 bits per heavy atom. The molecule has 0 bridgehead atoms. The van der Waals surface area contributed by atoms with Crippen LogP contribution < -0.4 is 0 Å². The van der Waals surface area contributed by atoms with Gasteiger partial charge in [-0.05, 0) is 29.8 Å². The number of nitrogens with zero attached hydrogens (tertiary/aromatic N) is 3. The van der Waals surface area contributed by atoms with Crippen molar-refractivity contribution in [2.75, 3.05) is 12.9 Å². The van der Waals surface area contributed by atoms with Gasteiger partial charge in [-0.25, -0.2) is 0 Å². The summed E-state index contributed by atoms with van der Waals surface area (Å²) in [4.78, 5) is 11.4. The van der Waals surface area contributed by atoms with E-state index in [1.165, 1.54) is 18.9 Å². The van der Waals surface area contributed by atoms with Gasteiger partial charge in [-0.2, -0.15) is 0 Å². The molecule has 0 aliphatic rings. The Bertz CT molecular complexity index is 848. The topological polar surface area (TPSA) is 77.2 Å². The Kier molecular flexibility index (Phi) is 5.35. The molecule has 3 rings (SSSR count). The van der Waals surface area contributed by atoms with E-state index in [4.69, 9.17) is 0 Å². The fraction of sp³-hybridized carbons (Fsp3) is 0.167. The molecule has 3 aromatic rings. The van der Waals surface area contributed by atoms with Gasteiger partial charge in [0.1, 0.15) is 5.75 Å². The van der Waals surface area contributed by atoms with Gasteiger partial charge in [0.25, 0.3) is 0 Å². The van der Waals surface area contributed by atoms with Crippen molar-refractivity contribution in [3.63, 3.8) is 0 Å². The Hall–Kier alpha value is -2.80. The van der Waals surface area contributed by atoms with Gasteiger partial charge >= 0.3 is 5.97 Å². The number of benzene rings is 2. The monoisotopic (exact) mass is 355 g/mol.